The standard InChI is InChI=1S/C12H10BrNO5/c1-6-8-4-7(13)2-3-9(8)19-11(6)12(17)14-18-5-10(15)16/h2-4H,5H2,1H3,(H,14,17)(H,15,16). The predicted molar refractivity (Wildman–Crippen MR) is 69.7 cm³/mol. The third-order valence-corrected chi connectivity index (χ3v) is 2.96. The van der Waals surface area contributed by atoms with E-state index in [0.717, 1.165) is 9.86 Å². The maximum Gasteiger partial charge on any atom is 0.332 e. The molecule has 1 heterocycles. The van der Waals surface area contributed by atoms with Crippen molar-refractivity contribution in [3.8, 4) is 0 Å². The van der Waals surface area contributed by atoms with E-state index in [2.05, 4.69) is 20.8 Å². The van der Waals surface area contributed by atoms with Crippen LogP contribution in [0, 0.1) is 6.92 Å². The molecule has 1 aromatic carbocycles. The average Bonchev–Trinajstić information content (AvgIpc) is 2.66. The molecule has 0 saturated carbocycles. The highest BCUT2D eigenvalue weighted by Gasteiger charge is 2.18. The first-order chi connectivity index (χ1) is 8.99. The number of carbonyl (C=O) groups is 2. The van der Waals surface area contributed by atoms with Gasteiger partial charge in [0.15, 0.2) is 12.4 Å². The lowest BCUT2D eigenvalue weighted by Crippen LogP contribution is -2.26. The fraction of sp³-hybridized carbons (Fsp3) is 0.167. The van der Waals surface area contributed by atoms with Crippen LogP contribution >= 0.6 is 15.9 Å². The summed E-state index contributed by atoms with van der Waals surface area (Å²) in [4.78, 5) is 26.5. The lowest BCUT2D eigenvalue weighted by Gasteiger charge is -2.01. The molecule has 19 heavy (non-hydrogen) atoms. The maximum atomic E-state index is 11.8. The van der Waals surface area contributed by atoms with Gasteiger partial charge in [-0.15, -0.1) is 0 Å². The third-order valence-electron chi connectivity index (χ3n) is 2.46. The summed E-state index contributed by atoms with van der Waals surface area (Å²) in [7, 11) is 0. The summed E-state index contributed by atoms with van der Waals surface area (Å²) in [6.45, 7) is 1.13. The molecule has 2 rings (SSSR count). The molecular weight excluding hydrogens is 318 g/mol. The van der Waals surface area contributed by atoms with Gasteiger partial charge in [-0.05, 0) is 25.1 Å². The number of aryl methyl sites for hydroxylation is 1. The minimum Gasteiger partial charge on any atom is -0.479 e. The van der Waals surface area contributed by atoms with Crippen LogP contribution in [0.1, 0.15) is 16.1 Å². The maximum absolute atomic E-state index is 11.8. The molecule has 0 atom stereocenters. The number of carboxylic acid groups (broad SMARTS) is 1. The van der Waals surface area contributed by atoms with Gasteiger partial charge < -0.3 is 9.52 Å². The van der Waals surface area contributed by atoms with Gasteiger partial charge in [-0.2, -0.15) is 0 Å². The second kappa shape index (κ2) is 5.41. The van der Waals surface area contributed by atoms with Gasteiger partial charge in [-0.25, -0.2) is 10.3 Å². The van der Waals surface area contributed by atoms with Crippen molar-refractivity contribution in [3.05, 3.63) is 34.0 Å². The molecule has 2 aromatic rings. The number of halogens is 1. The third kappa shape index (κ3) is 2.94. The molecule has 0 aliphatic heterocycles. The monoisotopic (exact) mass is 327 g/mol. The molecule has 0 unspecified atom stereocenters. The number of hydroxylamine groups is 1. The molecule has 1 amide bonds. The Morgan fingerprint density at radius 3 is 2.89 bits per heavy atom. The Balaban J connectivity index is 2.22. The van der Waals surface area contributed by atoms with Crippen molar-refractivity contribution in [1.29, 1.82) is 0 Å². The van der Waals surface area contributed by atoms with E-state index in [1.54, 1.807) is 19.1 Å². The summed E-state index contributed by atoms with van der Waals surface area (Å²) in [5, 5.41) is 9.19. The van der Waals surface area contributed by atoms with Gasteiger partial charge in [0.05, 0.1) is 0 Å². The summed E-state index contributed by atoms with van der Waals surface area (Å²) in [6.07, 6.45) is 0. The van der Waals surface area contributed by atoms with E-state index >= 15 is 0 Å². The molecule has 0 fully saturated rings. The quantitative estimate of drug-likeness (QED) is 0.841. The minimum atomic E-state index is -1.18. The average molecular weight is 328 g/mol. The molecule has 0 aliphatic rings. The molecule has 1 aromatic heterocycles. The number of hydrogen-bond acceptors (Lipinski definition) is 4. The Hall–Kier alpha value is -1.86. The van der Waals surface area contributed by atoms with Crippen molar-refractivity contribution >= 4 is 38.8 Å². The van der Waals surface area contributed by atoms with Crippen LogP contribution in [-0.2, 0) is 9.63 Å². The molecule has 0 bridgehead atoms. The Morgan fingerprint density at radius 1 is 1.47 bits per heavy atom. The van der Waals surface area contributed by atoms with Crippen LogP contribution in [0.5, 0.6) is 0 Å². The van der Waals surface area contributed by atoms with Crippen LogP contribution in [0.2, 0.25) is 0 Å². The molecule has 0 spiro atoms. The highest BCUT2D eigenvalue weighted by atomic mass is 79.9. The summed E-state index contributed by atoms with van der Waals surface area (Å²) >= 11 is 3.34. The van der Waals surface area contributed by atoms with Crippen molar-refractivity contribution in [2.75, 3.05) is 6.61 Å². The van der Waals surface area contributed by atoms with E-state index in [-0.39, 0.29) is 5.76 Å². The van der Waals surface area contributed by atoms with Crippen LogP contribution in [0.15, 0.2) is 27.1 Å². The van der Waals surface area contributed by atoms with E-state index in [9.17, 15) is 9.59 Å². The Bertz CT molecular complexity index is 649. The minimum absolute atomic E-state index is 0.0958. The van der Waals surface area contributed by atoms with E-state index < -0.39 is 18.5 Å². The molecule has 0 aliphatic carbocycles. The Morgan fingerprint density at radius 2 is 2.21 bits per heavy atom. The number of rotatable bonds is 4. The highest BCUT2D eigenvalue weighted by molar-refractivity contribution is 9.10. The molecule has 0 saturated heterocycles. The number of carboxylic acids is 1. The summed E-state index contributed by atoms with van der Waals surface area (Å²) in [5.41, 5.74) is 3.25. The van der Waals surface area contributed by atoms with Crippen LogP contribution in [0.3, 0.4) is 0 Å². The fourth-order valence-electron chi connectivity index (χ4n) is 1.62. The van der Waals surface area contributed by atoms with Gasteiger partial charge in [-0.3, -0.25) is 9.63 Å². The molecule has 6 nitrogen and oxygen atoms in total. The lowest BCUT2D eigenvalue weighted by molar-refractivity contribution is -0.144. The fourth-order valence-corrected chi connectivity index (χ4v) is 1.98. The lowest BCUT2D eigenvalue weighted by atomic mass is 10.1. The van der Waals surface area contributed by atoms with Gasteiger partial charge >= 0.3 is 11.9 Å². The number of carbonyl (C=O) groups excluding carboxylic acids is 1. The predicted octanol–water partition coefficient (Wildman–Crippen LogP) is 2.25. The number of aliphatic carboxylic acids is 1. The number of fused-ring (bicyclic) bond motifs is 1. The first kappa shape index (κ1) is 13.6. The molecule has 100 valence electrons. The summed E-state index contributed by atoms with van der Waals surface area (Å²) in [6, 6.07) is 5.37. The van der Waals surface area contributed by atoms with E-state index in [1.165, 1.54) is 0 Å². The second-order valence-corrected chi connectivity index (χ2v) is 4.73. The van der Waals surface area contributed by atoms with Crippen LogP contribution in [-0.4, -0.2) is 23.6 Å². The van der Waals surface area contributed by atoms with Crippen molar-refractivity contribution in [2.24, 2.45) is 0 Å². The molecular formula is C12H10BrNO5. The van der Waals surface area contributed by atoms with Gasteiger partial charge in [0.1, 0.15) is 5.58 Å². The van der Waals surface area contributed by atoms with E-state index in [1.807, 2.05) is 11.5 Å². The molecule has 2 N–H and O–H groups in total. The van der Waals surface area contributed by atoms with Gasteiger partial charge in [-0.1, -0.05) is 15.9 Å². The first-order valence-corrected chi connectivity index (χ1v) is 6.11. The summed E-state index contributed by atoms with van der Waals surface area (Å²) in [5.74, 6) is -1.70. The number of furan rings is 1. The second-order valence-electron chi connectivity index (χ2n) is 3.81. The van der Waals surface area contributed by atoms with Gasteiger partial charge in [0.2, 0.25) is 0 Å². The van der Waals surface area contributed by atoms with Crippen molar-refractivity contribution in [2.45, 2.75) is 6.92 Å². The Kier molecular flexibility index (Phi) is 3.87. The normalized spacial score (nSPS) is 10.6. The molecule has 7 heteroatoms. The zero-order chi connectivity index (χ0) is 14.0. The summed E-state index contributed by atoms with van der Waals surface area (Å²) < 4.78 is 6.29. The van der Waals surface area contributed by atoms with Crippen LogP contribution < -0.4 is 5.48 Å². The van der Waals surface area contributed by atoms with Crippen molar-refractivity contribution < 1.29 is 24.0 Å². The molecule has 0 radical (unpaired) electrons. The van der Waals surface area contributed by atoms with E-state index in [4.69, 9.17) is 9.52 Å². The van der Waals surface area contributed by atoms with E-state index in [0.29, 0.717) is 11.1 Å². The van der Waals surface area contributed by atoms with Gasteiger partial charge in [0, 0.05) is 15.4 Å². The van der Waals surface area contributed by atoms with Crippen LogP contribution in [0.25, 0.3) is 11.0 Å². The zero-order valence-corrected chi connectivity index (χ0v) is 11.5. The topological polar surface area (TPSA) is 88.8 Å². The zero-order valence-electron chi connectivity index (χ0n) is 9.90. The van der Waals surface area contributed by atoms with Crippen molar-refractivity contribution in [3.63, 3.8) is 0 Å². The van der Waals surface area contributed by atoms with Crippen molar-refractivity contribution in [1.82, 2.24) is 5.48 Å². The van der Waals surface area contributed by atoms with Gasteiger partial charge in [0.25, 0.3) is 0 Å². The number of benzene rings is 1. The largest absolute Gasteiger partial charge is 0.479 e. The first-order valence-electron chi connectivity index (χ1n) is 5.31. The number of hydrogen-bond donors (Lipinski definition) is 2. The smallest absolute Gasteiger partial charge is 0.332 e. The number of amides is 1. The SMILES string of the molecule is Cc1c(C(=O)NOCC(=O)O)oc2ccc(Br)cc12. The van der Waals surface area contributed by atoms with Crippen LogP contribution in [0.4, 0.5) is 0 Å². The number of nitrogens with one attached hydrogen (secondary N) is 1. The Labute approximate surface area is 116 Å². The highest BCUT2D eigenvalue weighted by Crippen LogP contribution is 2.27.